The van der Waals surface area contributed by atoms with Gasteiger partial charge in [0.2, 0.25) is 5.43 Å². The van der Waals surface area contributed by atoms with Gasteiger partial charge in [-0.3, -0.25) is 9.59 Å². The van der Waals surface area contributed by atoms with E-state index in [0.717, 1.165) is 10.9 Å². The van der Waals surface area contributed by atoms with Crippen LogP contribution in [0.15, 0.2) is 68.6 Å². The Hall–Kier alpha value is -3.71. The summed E-state index contributed by atoms with van der Waals surface area (Å²) in [7, 11) is 0. The number of hydrogen-bond donors (Lipinski definition) is 1. The largest absolute Gasteiger partial charge is 0.423 e. The number of aromatic nitrogens is 2. The van der Waals surface area contributed by atoms with Crippen molar-refractivity contribution in [3.63, 3.8) is 0 Å². The lowest BCUT2D eigenvalue weighted by Gasteiger charge is -2.12. The second-order valence-electron chi connectivity index (χ2n) is 6.78. The third-order valence-electron chi connectivity index (χ3n) is 4.61. The molecule has 0 unspecified atom stereocenters. The smallest absolute Gasteiger partial charge is 0.336 e. The average molecular weight is 422 g/mol. The standard InChI is InChI=1S/C22H16ClN3O4/c1-12-9-20(28)30-19-11-14(7-8-15(12)19)24-22(29)21-18(27)10-13(2)26(25-21)17-6-4-3-5-16(17)23/h3-11H,1-2H3,(H,24,29). The summed E-state index contributed by atoms with van der Waals surface area (Å²) in [5.41, 5.74) is 1.27. The molecule has 2 aromatic heterocycles. The van der Waals surface area contributed by atoms with Gasteiger partial charge in [0.15, 0.2) is 5.69 Å². The molecule has 30 heavy (non-hydrogen) atoms. The Morgan fingerprint density at radius 3 is 2.60 bits per heavy atom. The molecule has 1 amide bonds. The van der Waals surface area contributed by atoms with E-state index in [2.05, 4.69) is 10.4 Å². The van der Waals surface area contributed by atoms with Crippen LogP contribution in [0.25, 0.3) is 16.7 Å². The lowest BCUT2D eigenvalue weighted by atomic mass is 10.1. The second kappa shape index (κ2) is 7.61. The maximum atomic E-state index is 12.8. The molecule has 0 bridgehead atoms. The summed E-state index contributed by atoms with van der Waals surface area (Å²) in [5, 5.41) is 8.04. The van der Waals surface area contributed by atoms with Crippen molar-refractivity contribution in [1.82, 2.24) is 9.78 Å². The van der Waals surface area contributed by atoms with E-state index in [0.29, 0.717) is 27.7 Å². The first kappa shape index (κ1) is 19.6. The summed E-state index contributed by atoms with van der Waals surface area (Å²) in [4.78, 5) is 36.8. The van der Waals surface area contributed by atoms with Crippen molar-refractivity contribution in [3.05, 3.63) is 97.2 Å². The van der Waals surface area contributed by atoms with Crippen molar-refractivity contribution in [2.75, 3.05) is 5.32 Å². The van der Waals surface area contributed by atoms with Crippen molar-refractivity contribution in [3.8, 4) is 5.69 Å². The molecule has 0 spiro atoms. The molecule has 7 nitrogen and oxygen atoms in total. The summed E-state index contributed by atoms with van der Waals surface area (Å²) in [6.07, 6.45) is 0. The molecule has 2 heterocycles. The average Bonchev–Trinajstić information content (AvgIpc) is 2.68. The van der Waals surface area contributed by atoms with Gasteiger partial charge in [-0.2, -0.15) is 5.10 Å². The van der Waals surface area contributed by atoms with Crippen LogP contribution in [0.4, 0.5) is 5.69 Å². The van der Waals surface area contributed by atoms with Crippen LogP contribution in [-0.4, -0.2) is 15.7 Å². The van der Waals surface area contributed by atoms with E-state index in [1.54, 1.807) is 50.2 Å². The zero-order valence-electron chi connectivity index (χ0n) is 16.1. The zero-order valence-corrected chi connectivity index (χ0v) is 16.9. The van der Waals surface area contributed by atoms with Crippen LogP contribution in [0, 0.1) is 13.8 Å². The highest BCUT2D eigenvalue weighted by molar-refractivity contribution is 6.32. The lowest BCUT2D eigenvalue weighted by molar-refractivity contribution is 0.101. The number of halogens is 1. The topological polar surface area (TPSA) is 94.2 Å². The highest BCUT2D eigenvalue weighted by Crippen LogP contribution is 2.22. The Kier molecular flexibility index (Phi) is 4.97. The van der Waals surface area contributed by atoms with Crippen LogP contribution >= 0.6 is 11.6 Å². The molecule has 4 aromatic rings. The number of fused-ring (bicyclic) bond motifs is 1. The fourth-order valence-electron chi connectivity index (χ4n) is 3.17. The molecule has 0 saturated heterocycles. The number of carbonyl (C=O) groups is 1. The molecule has 0 atom stereocenters. The molecular formula is C22H16ClN3O4. The first-order valence-corrected chi connectivity index (χ1v) is 9.43. The Balaban J connectivity index is 1.73. The van der Waals surface area contributed by atoms with Crippen molar-refractivity contribution < 1.29 is 9.21 Å². The number of benzene rings is 2. The minimum Gasteiger partial charge on any atom is -0.423 e. The Bertz CT molecular complexity index is 1420. The van der Waals surface area contributed by atoms with E-state index < -0.39 is 17.0 Å². The maximum Gasteiger partial charge on any atom is 0.336 e. The minimum absolute atomic E-state index is 0.286. The van der Waals surface area contributed by atoms with Crippen LogP contribution in [0.3, 0.4) is 0 Å². The fraction of sp³-hybridized carbons (Fsp3) is 0.0909. The fourth-order valence-corrected chi connectivity index (χ4v) is 3.38. The van der Waals surface area contributed by atoms with Crippen LogP contribution in [-0.2, 0) is 0 Å². The number of nitrogens with zero attached hydrogens (tertiary/aromatic N) is 2. The number of carbonyl (C=O) groups excluding carboxylic acids is 1. The number of para-hydroxylation sites is 1. The Morgan fingerprint density at radius 2 is 1.83 bits per heavy atom. The zero-order chi connectivity index (χ0) is 21.4. The SMILES string of the molecule is Cc1cc(=O)oc2cc(NC(=O)c3nn(-c4ccccc4Cl)c(C)cc3=O)ccc12. The Morgan fingerprint density at radius 1 is 1.07 bits per heavy atom. The van der Waals surface area contributed by atoms with E-state index in [1.807, 2.05) is 0 Å². The van der Waals surface area contributed by atoms with Gasteiger partial charge in [0.05, 0.1) is 10.7 Å². The molecule has 8 heteroatoms. The number of amides is 1. The first-order chi connectivity index (χ1) is 14.3. The van der Waals surface area contributed by atoms with Gasteiger partial charge in [0, 0.05) is 35.0 Å². The third kappa shape index (κ3) is 3.62. The molecule has 0 saturated carbocycles. The lowest BCUT2D eigenvalue weighted by Crippen LogP contribution is -2.27. The minimum atomic E-state index is -0.685. The summed E-state index contributed by atoms with van der Waals surface area (Å²) < 4.78 is 6.64. The second-order valence-corrected chi connectivity index (χ2v) is 7.18. The van der Waals surface area contributed by atoms with Gasteiger partial charge < -0.3 is 9.73 Å². The molecule has 0 aliphatic heterocycles. The normalized spacial score (nSPS) is 10.9. The number of hydrogen-bond acceptors (Lipinski definition) is 5. The van der Waals surface area contributed by atoms with Gasteiger partial charge in [0.1, 0.15) is 5.58 Å². The van der Waals surface area contributed by atoms with Gasteiger partial charge in [-0.05, 0) is 43.7 Å². The van der Waals surface area contributed by atoms with Crippen molar-refractivity contribution in [2.24, 2.45) is 0 Å². The molecular weight excluding hydrogens is 406 g/mol. The first-order valence-electron chi connectivity index (χ1n) is 9.05. The molecule has 150 valence electrons. The molecule has 1 N–H and O–H groups in total. The van der Waals surface area contributed by atoms with E-state index >= 15 is 0 Å². The third-order valence-corrected chi connectivity index (χ3v) is 4.93. The molecule has 0 aliphatic carbocycles. The number of anilines is 1. The van der Waals surface area contributed by atoms with Gasteiger partial charge in [-0.15, -0.1) is 0 Å². The molecule has 0 fully saturated rings. The molecule has 0 radical (unpaired) electrons. The Labute approximate surface area is 175 Å². The summed E-state index contributed by atoms with van der Waals surface area (Å²) in [5.74, 6) is -0.685. The highest BCUT2D eigenvalue weighted by Gasteiger charge is 2.17. The molecule has 0 aliphatic rings. The van der Waals surface area contributed by atoms with Crippen molar-refractivity contribution in [1.29, 1.82) is 0 Å². The van der Waals surface area contributed by atoms with E-state index in [1.165, 1.54) is 22.9 Å². The monoisotopic (exact) mass is 421 g/mol. The van der Waals surface area contributed by atoms with Gasteiger partial charge in [-0.1, -0.05) is 23.7 Å². The maximum absolute atomic E-state index is 12.8. The number of aryl methyl sites for hydroxylation is 2. The van der Waals surface area contributed by atoms with E-state index in [-0.39, 0.29) is 5.69 Å². The summed E-state index contributed by atoms with van der Waals surface area (Å²) in [6.45, 7) is 3.50. The predicted octanol–water partition coefficient (Wildman–Crippen LogP) is 3.86. The summed E-state index contributed by atoms with van der Waals surface area (Å²) >= 11 is 6.24. The van der Waals surface area contributed by atoms with Gasteiger partial charge >= 0.3 is 5.63 Å². The van der Waals surface area contributed by atoms with Crippen molar-refractivity contribution in [2.45, 2.75) is 13.8 Å². The van der Waals surface area contributed by atoms with Crippen molar-refractivity contribution >= 4 is 34.2 Å². The van der Waals surface area contributed by atoms with Gasteiger partial charge in [0.25, 0.3) is 5.91 Å². The number of nitrogens with one attached hydrogen (secondary N) is 1. The highest BCUT2D eigenvalue weighted by atomic mass is 35.5. The molecule has 4 rings (SSSR count). The van der Waals surface area contributed by atoms with Crippen LogP contribution in [0.1, 0.15) is 21.7 Å². The van der Waals surface area contributed by atoms with Crippen LogP contribution < -0.4 is 16.4 Å². The van der Waals surface area contributed by atoms with Gasteiger partial charge in [-0.25, -0.2) is 9.48 Å². The van der Waals surface area contributed by atoms with E-state index in [9.17, 15) is 14.4 Å². The van der Waals surface area contributed by atoms with E-state index in [4.69, 9.17) is 16.0 Å². The quantitative estimate of drug-likeness (QED) is 0.507. The predicted molar refractivity (Wildman–Crippen MR) is 115 cm³/mol. The number of rotatable bonds is 3. The molecule has 2 aromatic carbocycles. The van der Waals surface area contributed by atoms with Crippen LogP contribution in [0.5, 0.6) is 0 Å². The summed E-state index contributed by atoms with van der Waals surface area (Å²) in [6, 6.07) is 14.6. The van der Waals surface area contributed by atoms with Crippen LogP contribution in [0.2, 0.25) is 5.02 Å².